The average molecular weight is 292 g/mol. The molecular formula is C15H24N4O2. The smallest absolute Gasteiger partial charge is 0.239 e. The number of nitrogens with one attached hydrogen (secondary N) is 1. The Balaban J connectivity index is 2.19. The van der Waals surface area contributed by atoms with Crippen molar-refractivity contribution in [2.75, 3.05) is 31.4 Å². The molecule has 1 heterocycles. The zero-order valence-corrected chi connectivity index (χ0v) is 12.9. The second kappa shape index (κ2) is 6.76. The van der Waals surface area contributed by atoms with Gasteiger partial charge in [0, 0.05) is 32.3 Å². The van der Waals surface area contributed by atoms with Crippen LogP contribution in [0.3, 0.4) is 0 Å². The van der Waals surface area contributed by atoms with E-state index in [0.29, 0.717) is 11.6 Å². The number of anilines is 2. The van der Waals surface area contributed by atoms with E-state index in [1.165, 1.54) is 0 Å². The Bertz CT molecular complexity index is 504. The predicted octanol–water partition coefficient (Wildman–Crippen LogP) is 1.61. The first-order valence-corrected chi connectivity index (χ1v) is 7.29. The highest BCUT2D eigenvalue weighted by Crippen LogP contribution is 2.33. The van der Waals surface area contributed by atoms with Gasteiger partial charge in [0.2, 0.25) is 11.8 Å². The van der Waals surface area contributed by atoms with Gasteiger partial charge in [-0.3, -0.25) is 4.79 Å². The Morgan fingerprint density at radius 3 is 2.86 bits per heavy atom. The van der Waals surface area contributed by atoms with E-state index in [4.69, 9.17) is 10.5 Å². The maximum atomic E-state index is 12.5. The lowest BCUT2D eigenvalue weighted by atomic mass is 9.85. The van der Waals surface area contributed by atoms with Crippen molar-refractivity contribution in [3.8, 4) is 5.88 Å². The maximum Gasteiger partial charge on any atom is 0.239 e. The Morgan fingerprint density at radius 1 is 1.48 bits per heavy atom. The third-order valence-corrected chi connectivity index (χ3v) is 3.90. The summed E-state index contributed by atoms with van der Waals surface area (Å²) in [6.07, 6.45) is 5.30. The molecule has 0 spiro atoms. The molecule has 1 aromatic rings. The van der Waals surface area contributed by atoms with E-state index in [9.17, 15) is 4.79 Å². The third-order valence-electron chi connectivity index (χ3n) is 3.90. The number of carbonyl (C=O) groups is 1. The summed E-state index contributed by atoms with van der Waals surface area (Å²) in [7, 11) is 5.38. The fraction of sp³-hybridized carbons (Fsp3) is 0.600. The molecule has 0 saturated heterocycles. The summed E-state index contributed by atoms with van der Waals surface area (Å²) in [6, 6.07) is 1.98. The molecule has 1 saturated carbocycles. The van der Waals surface area contributed by atoms with Gasteiger partial charge in [-0.2, -0.15) is 0 Å². The highest BCUT2D eigenvalue weighted by molar-refractivity contribution is 5.97. The summed E-state index contributed by atoms with van der Waals surface area (Å²) in [4.78, 5) is 18.6. The van der Waals surface area contributed by atoms with Crippen molar-refractivity contribution in [2.24, 2.45) is 11.7 Å². The van der Waals surface area contributed by atoms with E-state index in [2.05, 4.69) is 10.3 Å². The number of methoxy groups -OCH3 is 1. The number of amides is 1. The van der Waals surface area contributed by atoms with Gasteiger partial charge in [0.1, 0.15) is 5.69 Å². The van der Waals surface area contributed by atoms with E-state index in [1.807, 2.05) is 25.1 Å². The van der Waals surface area contributed by atoms with Gasteiger partial charge in [-0.25, -0.2) is 4.98 Å². The molecule has 21 heavy (non-hydrogen) atoms. The molecule has 6 heteroatoms. The average Bonchev–Trinajstić information content (AvgIpc) is 2.47. The van der Waals surface area contributed by atoms with Crippen LogP contribution in [0, 0.1) is 5.92 Å². The maximum absolute atomic E-state index is 12.5. The number of nitrogens with zero attached hydrogens (tertiary/aromatic N) is 2. The molecule has 1 aromatic heterocycles. The van der Waals surface area contributed by atoms with Crippen LogP contribution in [0.1, 0.15) is 25.7 Å². The van der Waals surface area contributed by atoms with Crippen LogP contribution < -0.4 is 20.7 Å². The number of rotatable bonds is 4. The van der Waals surface area contributed by atoms with E-state index >= 15 is 0 Å². The van der Waals surface area contributed by atoms with Crippen LogP contribution in [0.15, 0.2) is 12.3 Å². The van der Waals surface area contributed by atoms with Crippen LogP contribution in [0.25, 0.3) is 0 Å². The number of hydrogen-bond acceptors (Lipinski definition) is 5. The monoisotopic (exact) mass is 292 g/mol. The van der Waals surface area contributed by atoms with Crippen LogP contribution in [0.5, 0.6) is 5.88 Å². The number of pyridine rings is 1. The SMILES string of the molecule is COc1nccc(N(C)C)c1NC(=O)C1CCCC(N)C1. The second-order valence-corrected chi connectivity index (χ2v) is 5.72. The molecule has 6 nitrogen and oxygen atoms in total. The molecule has 2 rings (SSSR count). The number of nitrogens with two attached hydrogens (primary N) is 1. The zero-order valence-electron chi connectivity index (χ0n) is 12.9. The highest BCUT2D eigenvalue weighted by atomic mass is 16.5. The first-order chi connectivity index (χ1) is 10.0. The van der Waals surface area contributed by atoms with Gasteiger partial charge in [0.15, 0.2) is 0 Å². The Hall–Kier alpha value is -1.82. The van der Waals surface area contributed by atoms with E-state index in [1.54, 1.807) is 13.3 Å². The number of hydrogen-bond donors (Lipinski definition) is 2. The van der Waals surface area contributed by atoms with Crippen molar-refractivity contribution in [1.29, 1.82) is 0 Å². The molecule has 1 aliphatic carbocycles. The van der Waals surface area contributed by atoms with Crippen LogP contribution in [0.2, 0.25) is 0 Å². The lowest BCUT2D eigenvalue weighted by molar-refractivity contribution is -0.120. The molecule has 3 N–H and O–H groups in total. The van der Waals surface area contributed by atoms with Crippen molar-refractivity contribution in [1.82, 2.24) is 4.98 Å². The van der Waals surface area contributed by atoms with Crippen molar-refractivity contribution in [2.45, 2.75) is 31.7 Å². The molecule has 0 aromatic carbocycles. The van der Waals surface area contributed by atoms with Crippen LogP contribution in [-0.2, 0) is 4.79 Å². The number of ether oxygens (including phenoxy) is 1. The van der Waals surface area contributed by atoms with Gasteiger partial charge >= 0.3 is 0 Å². The largest absolute Gasteiger partial charge is 0.479 e. The summed E-state index contributed by atoms with van der Waals surface area (Å²) in [5.74, 6) is 0.392. The lowest BCUT2D eigenvalue weighted by Gasteiger charge is -2.27. The third kappa shape index (κ3) is 3.64. The first kappa shape index (κ1) is 15.6. The van der Waals surface area contributed by atoms with Crippen LogP contribution >= 0.6 is 0 Å². The van der Waals surface area contributed by atoms with Gasteiger partial charge in [0.25, 0.3) is 0 Å². The second-order valence-electron chi connectivity index (χ2n) is 5.72. The van der Waals surface area contributed by atoms with Gasteiger partial charge in [-0.1, -0.05) is 6.42 Å². The summed E-state index contributed by atoms with van der Waals surface area (Å²) in [5.41, 5.74) is 7.46. The summed E-state index contributed by atoms with van der Waals surface area (Å²) in [5, 5.41) is 2.98. The number of carbonyl (C=O) groups excluding carboxylic acids is 1. The molecule has 2 atom stereocenters. The minimum Gasteiger partial charge on any atom is -0.479 e. The molecule has 0 bridgehead atoms. The number of aromatic nitrogens is 1. The fourth-order valence-corrected chi connectivity index (χ4v) is 2.77. The van der Waals surface area contributed by atoms with Crippen molar-refractivity contribution in [3.05, 3.63) is 12.3 Å². The molecule has 0 aliphatic heterocycles. The van der Waals surface area contributed by atoms with E-state index in [0.717, 1.165) is 31.4 Å². The standard InChI is InChI=1S/C15H24N4O2/c1-19(2)12-7-8-17-15(21-3)13(12)18-14(20)10-5-4-6-11(16)9-10/h7-8,10-11H,4-6,9,16H2,1-3H3,(H,18,20). The lowest BCUT2D eigenvalue weighted by Crippen LogP contribution is -2.34. The van der Waals surface area contributed by atoms with Gasteiger partial charge in [0.05, 0.1) is 12.8 Å². The van der Waals surface area contributed by atoms with Crippen LogP contribution in [0.4, 0.5) is 11.4 Å². The van der Waals surface area contributed by atoms with Crippen molar-refractivity contribution < 1.29 is 9.53 Å². The zero-order chi connectivity index (χ0) is 15.4. The Kier molecular flexibility index (Phi) is 5.01. The Morgan fingerprint density at radius 2 is 2.24 bits per heavy atom. The summed E-state index contributed by atoms with van der Waals surface area (Å²) < 4.78 is 5.27. The van der Waals surface area contributed by atoms with Gasteiger partial charge in [-0.15, -0.1) is 0 Å². The molecule has 116 valence electrons. The van der Waals surface area contributed by atoms with E-state index in [-0.39, 0.29) is 17.9 Å². The minimum atomic E-state index is -0.0336. The van der Waals surface area contributed by atoms with Crippen molar-refractivity contribution >= 4 is 17.3 Å². The highest BCUT2D eigenvalue weighted by Gasteiger charge is 2.27. The molecule has 2 unspecified atom stereocenters. The van der Waals surface area contributed by atoms with Gasteiger partial charge in [-0.05, 0) is 25.3 Å². The molecule has 0 radical (unpaired) electrons. The first-order valence-electron chi connectivity index (χ1n) is 7.29. The summed E-state index contributed by atoms with van der Waals surface area (Å²) in [6.45, 7) is 0. The minimum absolute atomic E-state index is 0.000417. The van der Waals surface area contributed by atoms with Crippen molar-refractivity contribution in [3.63, 3.8) is 0 Å². The molecular weight excluding hydrogens is 268 g/mol. The predicted molar refractivity (Wildman–Crippen MR) is 83.7 cm³/mol. The molecule has 1 aliphatic rings. The topological polar surface area (TPSA) is 80.5 Å². The fourth-order valence-electron chi connectivity index (χ4n) is 2.77. The van der Waals surface area contributed by atoms with Gasteiger partial charge < -0.3 is 20.7 Å². The quantitative estimate of drug-likeness (QED) is 0.881. The molecule has 1 fully saturated rings. The normalized spacial score (nSPS) is 21.7. The summed E-state index contributed by atoms with van der Waals surface area (Å²) >= 11 is 0. The van der Waals surface area contributed by atoms with Crippen LogP contribution in [-0.4, -0.2) is 38.1 Å². The van der Waals surface area contributed by atoms with E-state index < -0.39 is 0 Å². The Labute approximate surface area is 125 Å². The molecule has 1 amide bonds.